The molecule has 0 N–H and O–H groups in total. The van der Waals surface area contributed by atoms with Crippen molar-refractivity contribution in [1.29, 1.82) is 0 Å². The van der Waals surface area contributed by atoms with Gasteiger partial charge in [0, 0.05) is 6.42 Å². The zero-order valence-corrected chi connectivity index (χ0v) is 11.2. The number of carbonyl (C=O) groups excluding carboxylic acids is 2. The Morgan fingerprint density at radius 2 is 1.95 bits per heavy atom. The lowest BCUT2D eigenvalue weighted by Crippen LogP contribution is -2.21. The number of hydrogen-bond acceptors (Lipinski definition) is 3. The Kier molecular flexibility index (Phi) is 3.50. The van der Waals surface area contributed by atoms with Gasteiger partial charge in [-0.25, -0.2) is 0 Å². The molecule has 1 unspecified atom stereocenters. The molecule has 0 radical (unpaired) electrons. The van der Waals surface area contributed by atoms with E-state index in [4.69, 9.17) is 4.74 Å². The van der Waals surface area contributed by atoms with Crippen molar-refractivity contribution in [2.45, 2.75) is 25.9 Å². The Morgan fingerprint density at radius 1 is 1.15 bits per heavy atom. The van der Waals surface area contributed by atoms with Gasteiger partial charge in [-0.1, -0.05) is 42.5 Å². The van der Waals surface area contributed by atoms with Gasteiger partial charge in [0.15, 0.2) is 0 Å². The molecule has 1 atom stereocenters. The Labute approximate surface area is 117 Å². The third kappa shape index (κ3) is 2.44. The van der Waals surface area contributed by atoms with Crippen LogP contribution in [0.4, 0.5) is 0 Å². The minimum atomic E-state index is -0.537. The molecule has 0 saturated heterocycles. The van der Waals surface area contributed by atoms with E-state index >= 15 is 0 Å². The maximum absolute atomic E-state index is 11.9. The van der Waals surface area contributed by atoms with Crippen molar-refractivity contribution in [1.82, 2.24) is 0 Å². The first-order valence-corrected chi connectivity index (χ1v) is 6.92. The first-order valence-electron chi connectivity index (χ1n) is 6.92. The summed E-state index contributed by atoms with van der Waals surface area (Å²) in [5, 5.41) is 2.21. The highest BCUT2D eigenvalue weighted by atomic mass is 16.5. The molecule has 2 aromatic carbocycles. The maximum Gasteiger partial charge on any atom is 0.316 e. The third-order valence-electron chi connectivity index (χ3n) is 3.84. The van der Waals surface area contributed by atoms with Crippen LogP contribution in [-0.2, 0) is 20.9 Å². The molecule has 3 rings (SSSR count). The summed E-state index contributed by atoms with van der Waals surface area (Å²) in [6, 6.07) is 13.9. The summed E-state index contributed by atoms with van der Waals surface area (Å²) in [7, 11) is 0. The van der Waals surface area contributed by atoms with Gasteiger partial charge >= 0.3 is 5.97 Å². The van der Waals surface area contributed by atoms with E-state index in [9.17, 15) is 9.59 Å². The highest BCUT2D eigenvalue weighted by molar-refractivity contribution is 6.00. The predicted molar refractivity (Wildman–Crippen MR) is 76.1 cm³/mol. The van der Waals surface area contributed by atoms with Crippen molar-refractivity contribution >= 4 is 22.5 Å². The average molecular weight is 268 g/mol. The van der Waals surface area contributed by atoms with E-state index in [1.54, 1.807) is 0 Å². The second-order valence-electron chi connectivity index (χ2n) is 5.16. The molecule has 3 nitrogen and oxygen atoms in total. The topological polar surface area (TPSA) is 43.4 Å². The molecular weight excluding hydrogens is 252 g/mol. The van der Waals surface area contributed by atoms with Crippen molar-refractivity contribution in [3.8, 4) is 0 Å². The number of ketones is 1. The van der Waals surface area contributed by atoms with Gasteiger partial charge in [0.1, 0.15) is 18.3 Å². The SMILES string of the molecule is O=C1CCCC1C(=O)OCc1cccc2ccccc12. The van der Waals surface area contributed by atoms with E-state index in [1.807, 2.05) is 42.5 Å². The lowest BCUT2D eigenvalue weighted by atomic mass is 10.1. The van der Waals surface area contributed by atoms with E-state index in [1.165, 1.54) is 0 Å². The van der Waals surface area contributed by atoms with Crippen LogP contribution in [0.2, 0.25) is 0 Å². The van der Waals surface area contributed by atoms with E-state index in [0.717, 1.165) is 22.8 Å². The molecule has 3 heteroatoms. The summed E-state index contributed by atoms with van der Waals surface area (Å²) in [4.78, 5) is 23.5. The summed E-state index contributed by atoms with van der Waals surface area (Å²) in [6.07, 6.45) is 1.94. The van der Waals surface area contributed by atoms with Gasteiger partial charge in [-0.05, 0) is 29.2 Å². The highest BCUT2D eigenvalue weighted by Crippen LogP contribution is 2.24. The molecule has 102 valence electrons. The number of ether oxygens (including phenoxy) is 1. The Bertz CT molecular complexity index is 655. The molecule has 0 heterocycles. The molecular formula is C17H16O3. The van der Waals surface area contributed by atoms with Gasteiger partial charge in [-0.3, -0.25) is 9.59 Å². The van der Waals surface area contributed by atoms with Crippen molar-refractivity contribution in [3.05, 3.63) is 48.0 Å². The summed E-state index contributed by atoms with van der Waals surface area (Å²) < 4.78 is 5.33. The normalized spacial score (nSPS) is 18.4. The van der Waals surface area contributed by atoms with Gasteiger partial charge in [-0.15, -0.1) is 0 Å². The minimum Gasteiger partial charge on any atom is -0.460 e. The first kappa shape index (κ1) is 12.9. The van der Waals surface area contributed by atoms with Crippen LogP contribution in [0.1, 0.15) is 24.8 Å². The van der Waals surface area contributed by atoms with Gasteiger partial charge < -0.3 is 4.74 Å². The summed E-state index contributed by atoms with van der Waals surface area (Å²) in [5.41, 5.74) is 0.974. The third-order valence-corrected chi connectivity index (χ3v) is 3.84. The van der Waals surface area contributed by atoms with Gasteiger partial charge in [0.25, 0.3) is 0 Å². The fraction of sp³-hybridized carbons (Fsp3) is 0.294. The monoisotopic (exact) mass is 268 g/mol. The van der Waals surface area contributed by atoms with Crippen molar-refractivity contribution in [2.24, 2.45) is 5.92 Å². The van der Waals surface area contributed by atoms with E-state index in [-0.39, 0.29) is 18.4 Å². The number of carbonyl (C=O) groups is 2. The van der Waals surface area contributed by atoms with Crippen LogP contribution in [0.3, 0.4) is 0 Å². The fourth-order valence-corrected chi connectivity index (χ4v) is 2.73. The molecule has 0 bridgehead atoms. The molecule has 0 aromatic heterocycles. The molecule has 1 saturated carbocycles. The minimum absolute atomic E-state index is 0.0212. The molecule has 2 aromatic rings. The fourth-order valence-electron chi connectivity index (χ4n) is 2.73. The van der Waals surface area contributed by atoms with Crippen LogP contribution in [-0.4, -0.2) is 11.8 Å². The molecule has 1 aliphatic carbocycles. The largest absolute Gasteiger partial charge is 0.460 e. The molecule has 0 aliphatic heterocycles. The zero-order chi connectivity index (χ0) is 13.9. The lowest BCUT2D eigenvalue weighted by molar-refractivity contribution is -0.152. The van der Waals surface area contributed by atoms with E-state index in [0.29, 0.717) is 12.8 Å². The number of benzene rings is 2. The van der Waals surface area contributed by atoms with Crippen molar-refractivity contribution < 1.29 is 14.3 Å². The standard InChI is InChI=1S/C17H16O3/c18-16-10-4-9-15(16)17(19)20-11-13-7-3-6-12-5-1-2-8-14(12)13/h1-3,5-8,15H,4,9-11H2. The second kappa shape index (κ2) is 5.45. The maximum atomic E-state index is 11.9. The Balaban J connectivity index is 1.74. The van der Waals surface area contributed by atoms with Crippen LogP contribution in [0.15, 0.2) is 42.5 Å². The van der Waals surface area contributed by atoms with Crippen LogP contribution in [0, 0.1) is 5.92 Å². The quantitative estimate of drug-likeness (QED) is 0.634. The van der Waals surface area contributed by atoms with Crippen molar-refractivity contribution in [3.63, 3.8) is 0 Å². The molecule has 20 heavy (non-hydrogen) atoms. The summed E-state index contributed by atoms with van der Waals surface area (Å²) >= 11 is 0. The average Bonchev–Trinajstić information content (AvgIpc) is 2.91. The van der Waals surface area contributed by atoms with Crippen LogP contribution >= 0.6 is 0 Å². The number of esters is 1. The zero-order valence-electron chi connectivity index (χ0n) is 11.2. The van der Waals surface area contributed by atoms with Gasteiger partial charge in [0.05, 0.1) is 0 Å². The number of rotatable bonds is 3. The van der Waals surface area contributed by atoms with E-state index < -0.39 is 5.92 Å². The molecule has 0 amide bonds. The lowest BCUT2D eigenvalue weighted by Gasteiger charge is -2.10. The van der Waals surface area contributed by atoms with Crippen molar-refractivity contribution in [2.75, 3.05) is 0 Å². The van der Waals surface area contributed by atoms with Crippen LogP contribution in [0.5, 0.6) is 0 Å². The molecule has 1 fully saturated rings. The van der Waals surface area contributed by atoms with Gasteiger partial charge in [0.2, 0.25) is 0 Å². The number of fused-ring (bicyclic) bond motifs is 1. The smallest absolute Gasteiger partial charge is 0.316 e. The van der Waals surface area contributed by atoms with Crippen LogP contribution < -0.4 is 0 Å². The number of hydrogen-bond donors (Lipinski definition) is 0. The van der Waals surface area contributed by atoms with Crippen LogP contribution in [0.25, 0.3) is 10.8 Å². The first-order chi connectivity index (χ1) is 9.75. The second-order valence-corrected chi connectivity index (χ2v) is 5.16. The number of Topliss-reactive ketones (excluding diaryl/α,β-unsaturated/α-hetero) is 1. The molecule has 0 spiro atoms. The summed E-state index contributed by atoms with van der Waals surface area (Å²) in [5.74, 6) is -0.890. The Morgan fingerprint density at radius 3 is 2.75 bits per heavy atom. The van der Waals surface area contributed by atoms with Gasteiger partial charge in [-0.2, -0.15) is 0 Å². The Hall–Kier alpha value is -2.16. The van der Waals surface area contributed by atoms with E-state index in [2.05, 4.69) is 0 Å². The predicted octanol–water partition coefficient (Wildman–Crippen LogP) is 3.25. The summed E-state index contributed by atoms with van der Waals surface area (Å²) in [6.45, 7) is 0.226. The highest BCUT2D eigenvalue weighted by Gasteiger charge is 2.32. The molecule has 1 aliphatic rings.